The second-order valence-electron chi connectivity index (χ2n) is 3.81. The van der Waals surface area contributed by atoms with Crippen LogP contribution in [0.4, 0.5) is 11.4 Å². The molecule has 0 bridgehead atoms. The normalized spacial score (nSPS) is 13.6. The molecule has 0 aromatic heterocycles. The second-order valence-corrected chi connectivity index (χ2v) is 3.81. The van der Waals surface area contributed by atoms with E-state index in [9.17, 15) is 9.59 Å². The standard InChI is InChI=1S/C13H14N2O3/c1-2-18-13(17)8-9-7-12(16)15-11-6-4-3-5-10(11)14-9/h3-7,14H,2,8H2,1H3,(H,15,16). The number of ether oxygens (including phenoxy) is 1. The van der Waals surface area contributed by atoms with Crippen molar-refractivity contribution in [2.45, 2.75) is 13.3 Å². The molecule has 0 saturated carbocycles. The molecule has 0 fully saturated rings. The van der Waals surface area contributed by atoms with Crippen LogP contribution in [0.15, 0.2) is 36.0 Å². The van der Waals surface area contributed by atoms with Crippen LogP contribution < -0.4 is 10.6 Å². The van der Waals surface area contributed by atoms with Gasteiger partial charge in [-0.2, -0.15) is 0 Å². The Labute approximate surface area is 105 Å². The summed E-state index contributed by atoms with van der Waals surface area (Å²) in [5.74, 6) is -0.616. The number of fused-ring (bicyclic) bond motifs is 1. The van der Waals surface area contributed by atoms with Gasteiger partial charge in [0.15, 0.2) is 0 Å². The zero-order chi connectivity index (χ0) is 13.0. The first-order valence-electron chi connectivity index (χ1n) is 5.72. The molecule has 1 aromatic rings. The number of para-hydroxylation sites is 2. The first-order valence-corrected chi connectivity index (χ1v) is 5.72. The maximum Gasteiger partial charge on any atom is 0.311 e. The molecule has 0 radical (unpaired) electrons. The van der Waals surface area contributed by atoms with Crippen LogP contribution in [0.1, 0.15) is 13.3 Å². The summed E-state index contributed by atoms with van der Waals surface area (Å²) >= 11 is 0. The Morgan fingerprint density at radius 3 is 2.56 bits per heavy atom. The lowest BCUT2D eigenvalue weighted by Gasteiger charge is -2.10. The largest absolute Gasteiger partial charge is 0.466 e. The molecule has 0 spiro atoms. The highest BCUT2D eigenvalue weighted by Gasteiger charge is 2.15. The van der Waals surface area contributed by atoms with Crippen molar-refractivity contribution < 1.29 is 14.3 Å². The SMILES string of the molecule is CCOC(=O)CC1=CC(=O)Nc2ccccc2N1. The summed E-state index contributed by atoms with van der Waals surface area (Å²) in [6, 6.07) is 7.31. The minimum atomic E-state index is -0.358. The summed E-state index contributed by atoms with van der Waals surface area (Å²) in [6.07, 6.45) is 1.42. The van der Waals surface area contributed by atoms with Gasteiger partial charge in [-0.05, 0) is 19.1 Å². The molecule has 94 valence electrons. The van der Waals surface area contributed by atoms with Gasteiger partial charge in [0.25, 0.3) is 0 Å². The molecule has 0 unspecified atom stereocenters. The third-order valence-electron chi connectivity index (χ3n) is 2.43. The number of hydrogen-bond acceptors (Lipinski definition) is 4. The van der Waals surface area contributed by atoms with Gasteiger partial charge in [0.1, 0.15) is 0 Å². The van der Waals surface area contributed by atoms with Gasteiger partial charge < -0.3 is 15.4 Å². The summed E-state index contributed by atoms with van der Waals surface area (Å²) in [6.45, 7) is 2.07. The third-order valence-corrected chi connectivity index (χ3v) is 2.43. The number of hydrogen-bond donors (Lipinski definition) is 2. The van der Waals surface area contributed by atoms with E-state index in [2.05, 4.69) is 10.6 Å². The van der Waals surface area contributed by atoms with Crippen molar-refractivity contribution >= 4 is 23.3 Å². The molecule has 1 aliphatic rings. The van der Waals surface area contributed by atoms with E-state index < -0.39 is 0 Å². The molecule has 0 aliphatic carbocycles. The fourth-order valence-electron chi connectivity index (χ4n) is 1.70. The Morgan fingerprint density at radius 1 is 1.22 bits per heavy atom. The quantitative estimate of drug-likeness (QED) is 0.799. The highest BCUT2D eigenvalue weighted by atomic mass is 16.5. The lowest BCUT2D eigenvalue weighted by Crippen LogP contribution is -2.10. The molecule has 1 aliphatic heterocycles. The van der Waals surface area contributed by atoms with Gasteiger partial charge in [-0.15, -0.1) is 0 Å². The Balaban J connectivity index is 2.17. The molecule has 2 rings (SSSR count). The number of amides is 1. The van der Waals surface area contributed by atoms with Crippen LogP contribution in [0, 0.1) is 0 Å². The van der Waals surface area contributed by atoms with Crippen LogP contribution in [-0.4, -0.2) is 18.5 Å². The molecular weight excluding hydrogens is 232 g/mol. The maximum atomic E-state index is 11.6. The molecule has 1 aromatic carbocycles. The van der Waals surface area contributed by atoms with Crippen molar-refractivity contribution in [3.05, 3.63) is 36.0 Å². The van der Waals surface area contributed by atoms with Crippen LogP contribution in [0.5, 0.6) is 0 Å². The Kier molecular flexibility index (Phi) is 3.62. The number of esters is 1. The van der Waals surface area contributed by atoms with Crippen molar-refractivity contribution in [2.75, 3.05) is 17.2 Å². The van der Waals surface area contributed by atoms with E-state index in [0.29, 0.717) is 18.0 Å². The minimum absolute atomic E-state index is 0.0512. The fourth-order valence-corrected chi connectivity index (χ4v) is 1.70. The van der Waals surface area contributed by atoms with Crippen LogP contribution in [0.2, 0.25) is 0 Å². The summed E-state index contributed by atoms with van der Waals surface area (Å²) < 4.78 is 4.86. The zero-order valence-electron chi connectivity index (χ0n) is 10.0. The summed E-state index contributed by atoms with van der Waals surface area (Å²) in [7, 11) is 0. The second kappa shape index (κ2) is 5.35. The first kappa shape index (κ1) is 12.2. The fraction of sp³-hybridized carbons (Fsp3) is 0.231. The predicted octanol–water partition coefficient (Wildman–Crippen LogP) is 1.89. The Hall–Kier alpha value is -2.30. The van der Waals surface area contributed by atoms with Crippen molar-refractivity contribution in [1.29, 1.82) is 0 Å². The minimum Gasteiger partial charge on any atom is -0.466 e. The van der Waals surface area contributed by atoms with Gasteiger partial charge in [-0.3, -0.25) is 9.59 Å². The Bertz CT molecular complexity index is 509. The van der Waals surface area contributed by atoms with Gasteiger partial charge in [0.05, 0.1) is 24.4 Å². The number of rotatable bonds is 3. The van der Waals surface area contributed by atoms with E-state index in [0.717, 1.165) is 5.69 Å². The summed E-state index contributed by atoms with van der Waals surface area (Å²) in [4.78, 5) is 23.0. The van der Waals surface area contributed by atoms with Gasteiger partial charge in [0, 0.05) is 11.8 Å². The molecule has 2 N–H and O–H groups in total. The molecule has 0 atom stereocenters. The van der Waals surface area contributed by atoms with E-state index in [1.165, 1.54) is 6.08 Å². The molecule has 5 heteroatoms. The lowest BCUT2D eigenvalue weighted by atomic mass is 10.2. The average Bonchev–Trinajstić information content (AvgIpc) is 2.46. The number of nitrogens with one attached hydrogen (secondary N) is 2. The van der Waals surface area contributed by atoms with E-state index >= 15 is 0 Å². The zero-order valence-corrected chi connectivity index (χ0v) is 10.0. The van der Waals surface area contributed by atoms with Crippen molar-refractivity contribution in [3.63, 3.8) is 0 Å². The topological polar surface area (TPSA) is 67.4 Å². The molecule has 1 heterocycles. The van der Waals surface area contributed by atoms with Gasteiger partial charge >= 0.3 is 5.97 Å². The third kappa shape index (κ3) is 2.88. The number of carbonyl (C=O) groups excluding carboxylic acids is 2. The number of benzene rings is 1. The van der Waals surface area contributed by atoms with Gasteiger partial charge in [-0.1, -0.05) is 12.1 Å². The molecule has 1 amide bonds. The van der Waals surface area contributed by atoms with Gasteiger partial charge in [0.2, 0.25) is 5.91 Å². The molecule has 5 nitrogen and oxygen atoms in total. The highest BCUT2D eigenvalue weighted by molar-refractivity contribution is 6.04. The van der Waals surface area contributed by atoms with E-state index in [4.69, 9.17) is 4.74 Å². The number of carbonyl (C=O) groups is 2. The predicted molar refractivity (Wildman–Crippen MR) is 68.0 cm³/mol. The van der Waals surface area contributed by atoms with Crippen LogP contribution in [0.25, 0.3) is 0 Å². The average molecular weight is 246 g/mol. The molecule has 0 saturated heterocycles. The van der Waals surface area contributed by atoms with Gasteiger partial charge in [-0.25, -0.2) is 0 Å². The molecule has 18 heavy (non-hydrogen) atoms. The molecular formula is C13H14N2O3. The van der Waals surface area contributed by atoms with Crippen LogP contribution in [0.3, 0.4) is 0 Å². The first-order chi connectivity index (χ1) is 8.69. The Morgan fingerprint density at radius 2 is 1.89 bits per heavy atom. The van der Waals surface area contributed by atoms with E-state index in [1.54, 1.807) is 13.0 Å². The van der Waals surface area contributed by atoms with E-state index in [1.807, 2.05) is 18.2 Å². The number of anilines is 2. The summed E-state index contributed by atoms with van der Waals surface area (Å²) in [5.41, 5.74) is 1.98. The highest BCUT2D eigenvalue weighted by Crippen LogP contribution is 2.25. The smallest absolute Gasteiger partial charge is 0.311 e. The van der Waals surface area contributed by atoms with Crippen molar-refractivity contribution in [3.8, 4) is 0 Å². The van der Waals surface area contributed by atoms with Crippen LogP contribution >= 0.6 is 0 Å². The van der Waals surface area contributed by atoms with Crippen molar-refractivity contribution in [1.82, 2.24) is 0 Å². The maximum absolute atomic E-state index is 11.6. The van der Waals surface area contributed by atoms with E-state index in [-0.39, 0.29) is 18.3 Å². The van der Waals surface area contributed by atoms with Crippen molar-refractivity contribution in [2.24, 2.45) is 0 Å². The summed E-state index contributed by atoms with van der Waals surface area (Å²) in [5, 5.41) is 5.78. The monoisotopic (exact) mass is 246 g/mol. The lowest BCUT2D eigenvalue weighted by molar-refractivity contribution is -0.142. The van der Waals surface area contributed by atoms with Crippen LogP contribution in [-0.2, 0) is 14.3 Å².